The molecule has 7 nitrogen and oxygen atoms in total. The molecule has 0 radical (unpaired) electrons. The highest BCUT2D eigenvalue weighted by molar-refractivity contribution is 5.69. The molecule has 2 aliphatic heterocycles. The molecule has 2 aliphatic rings. The molecule has 0 unspecified atom stereocenters. The lowest BCUT2D eigenvalue weighted by molar-refractivity contribution is -0.461. The van der Waals surface area contributed by atoms with Crippen LogP contribution in [0.3, 0.4) is 0 Å². The lowest BCUT2D eigenvalue weighted by Gasteiger charge is -2.42. The Morgan fingerprint density at radius 3 is 1.61 bits per heavy atom. The number of aliphatic hydroxyl groups is 2. The first-order chi connectivity index (χ1) is 19.3. The number of carbonyl (C=O) groups excluding carboxylic acids is 1. The van der Waals surface area contributed by atoms with Gasteiger partial charge in [0.15, 0.2) is 24.3 Å². The van der Waals surface area contributed by atoms with E-state index in [-0.39, 0.29) is 0 Å². The minimum absolute atomic E-state index is 1.12. The van der Waals surface area contributed by atoms with Crippen molar-refractivity contribution in [2.24, 2.45) is 0 Å². The molecule has 0 amide bonds. The van der Waals surface area contributed by atoms with Crippen molar-refractivity contribution >= 4 is 5.97 Å². The van der Waals surface area contributed by atoms with Gasteiger partial charge in [-0.1, -0.05) is 0 Å². The Hall–Kier alpha value is -1.92. The summed E-state index contributed by atoms with van der Waals surface area (Å²) in [5.41, 5.74) is 0. The Bertz CT molecular complexity index is 1060. The lowest BCUT2D eigenvalue weighted by atomic mass is 9.88. The Kier molecular flexibility index (Phi) is 9.66. The number of hydrogen-bond acceptors (Lipinski definition) is 7. The predicted molar refractivity (Wildman–Crippen MR) is 102 cm³/mol. The Balaban J connectivity index is 2.31. The summed E-state index contributed by atoms with van der Waals surface area (Å²) in [6.07, 6.45) is -21.7. The van der Waals surface area contributed by atoms with Gasteiger partial charge in [-0.2, -0.15) is 74.6 Å². The van der Waals surface area contributed by atoms with E-state index >= 15 is 0 Å². The van der Waals surface area contributed by atoms with Crippen LogP contribution in [0.2, 0.25) is 0 Å². The SMILES string of the molecule is CC1(C)O[C@H]2O[C@H]([C@H](O)CO)[C@H](OC(=O)CCC(F)(F)C(F)(F)C(F)(F)C(F)(F)C(F)(F)C(F)(F)C(F)(F)C(F)(F)F)[C@H]2O1. The van der Waals surface area contributed by atoms with E-state index in [1.54, 1.807) is 0 Å². The first-order valence-electron chi connectivity index (χ1n) is 11.5. The molecule has 2 heterocycles. The fourth-order valence-electron chi connectivity index (χ4n) is 3.88. The number of ether oxygens (including phenoxy) is 4. The third-order valence-electron chi connectivity index (χ3n) is 6.29. The van der Waals surface area contributed by atoms with Crippen molar-refractivity contribution in [2.75, 3.05) is 6.61 Å². The van der Waals surface area contributed by atoms with Gasteiger partial charge in [0.2, 0.25) is 0 Å². The number of halogens is 17. The average Bonchev–Trinajstić information content (AvgIpc) is 3.32. The predicted octanol–water partition coefficient (Wildman–Crippen LogP) is 4.92. The van der Waals surface area contributed by atoms with E-state index in [9.17, 15) is 84.5 Å². The van der Waals surface area contributed by atoms with Crippen LogP contribution in [0.1, 0.15) is 26.7 Å². The smallest absolute Gasteiger partial charge is 0.456 e. The summed E-state index contributed by atoms with van der Waals surface area (Å²) in [4.78, 5) is 12.1. The number of esters is 1. The van der Waals surface area contributed by atoms with Crippen LogP contribution in [0.4, 0.5) is 74.6 Å². The van der Waals surface area contributed by atoms with Gasteiger partial charge in [0, 0.05) is 6.42 Å². The Morgan fingerprint density at radius 1 is 0.750 bits per heavy atom. The molecule has 44 heavy (non-hydrogen) atoms. The monoisotopic (exact) mass is 694 g/mol. The minimum atomic E-state index is -8.76. The molecule has 2 saturated heterocycles. The van der Waals surface area contributed by atoms with Gasteiger partial charge in [0.25, 0.3) is 0 Å². The van der Waals surface area contributed by atoms with Gasteiger partial charge < -0.3 is 29.2 Å². The van der Waals surface area contributed by atoms with Gasteiger partial charge in [-0.15, -0.1) is 0 Å². The first-order valence-corrected chi connectivity index (χ1v) is 11.5. The van der Waals surface area contributed by atoms with E-state index in [4.69, 9.17) is 19.3 Å². The van der Waals surface area contributed by atoms with Gasteiger partial charge in [0.1, 0.15) is 12.2 Å². The van der Waals surface area contributed by atoms with Crippen LogP contribution in [0, 0.1) is 0 Å². The van der Waals surface area contributed by atoms with Crippen LogP contribution in [0.5, 0.6) is 0 Å². The highest BCUT2D eigenvalue weighted by Gasteiger charge is 2.95. The maximum absolute atomic E-state index is 14.1. The molecule has 5 atom stereocenters. The third kappa shape index (κ3) is 5.76. The number of carbonyl (C=O) groups is 1. The fourth-order valence-corrected chi connectivity index (χ4v) is 3.88. The molecule has 0 saturated carbocycles. The topological polar surface area (TPSA) is 94.5 Å². The molecule has 0 spiro atoms. The molecule has 0 aliphatic carbocycles. The maximum Gasteiger partial charge on any atom is 0.460 e. The van der Waals surface area contributed by atoms with E-state index < -0.39 is 110 Å². The van der Waals surface area contributed by atoms with Gasteiger partial charge in [-0.05, 0) is 13.8 Å². The van der Waals surface area contributed by atoms with E-state index in [0.29, 0.717) is 0 Å². The zero-order valence-corrected chi connectivity index (χ0v) is 21.4. The first kappa shape index (κ1) is 38.3. The van der Waals surface area contributed by atoms with Crippen LogP contribution in [0.25, 0.3) is 0 Å². The standard InChI is InChI=1S/C20H19F17O7/c1-12(2)43-10-9(8(6(39)5-38)42-11(10)44-12)41-7(40)3-4-13(21,22)14(23,24)15(25,26)16(27,28)17(29,30)18(31,32)19(33,34)20(35,36)37/h6,8-11,38-39H,3-5H2,1-2H3/t6-,8-,9+,10-,11-/m1/s1. The van der Waals surface area contributed by atoms with E-state index in [1.165, 1.54) is 13.8 Å². The van der Waals surface area contributed by atoms with Crippen molar-refractivity contribution in [1.82, 2.24) is 0 Å². The van der Waals surface area contributed by atoms with Crippen molar-refractivity contribution in [3.63, 3.8) is 0 Å². The van der Waals surface area contributed by atoms with Crippen LogP contribution >= 0.6 is 0 Å². The summed E-state index contributed by atoms with van der Waals surface area (Å²) in [5.74, 6) is -61.2. The molecular weight excluding hydrogens is 675 g/mol. The molecule has 0 aromatic heterocycles. The highest BCUT2D eigenvalue weighted by Crippen LogP contribution is 2.64. The summed E-state index contributed by atoms with van der Waals surface area (Å²) >= 11 is 0. The van der Waals surface area contributed by atoms with Crippen molar-refractivity contribution < 1.29 is 109 Å². The van der Waals surface area contributed by atoms with Crippen LogP contribution < -0.4 is 0 Å². The maximum atomic E-state index is 14.1. The second-order valence-electron chi connectivity index (χ2n) is 9.92. The summed E-state index contributed by atoms with van der Waals surface area (Å²) < 4.78 is 248. The molecule has 260 valence electrons. The second kappa shape index (κ2) is 11.1. The number of fused-ring (bicyclic) bond motifs is 1. The van der Waals surface area contributed by atoms with Gasteiger partial charge in [-0.25, -0.2) is 0 Å². The van der Waals surface area contributed by atoms with Crippen molar-refractivity contribution in [2.45, 2.75) is 111 Å². The minimum Gasteiger partial charge on any atom is -0.456 e. The zero-order valence-electron chi connectivity index (χ0n) is 21.4. The Labute approximate surface area is 233 Å². The summed E-state index contributed by atoms with van der Waals surface area (Å²) in [5, 5.41) is 18.9. The normalized spacial score (nSPS) is 26.5. The summed E-state index contributed by atoms with van der Waals surface area (Å²) in [6.45, 7) is 1.40. The quantitative estimate of drug-likeness (QED) is 0.222. The molecular formula is C20H19F17O7. The molecule has 0 aromatic carbocycles. The van der Waals surface area contributed by atoms with Crippen molar-refractivity contribution in [3.05, 3.63) is 0 Å². The summed E-state index contributed by atoms with van der Waals surface area (Å²) in [7, 11) is 0. The number of rotatable bonds is 12. The molecule has 2 rings (SSSR count). The largest absolute Gasteiger partial charge is 0.460 e. The van der Waals surface area contributed by atoms with Crippen molar-refractivity contribution in [1.29, 1.82) is 0 Å². The molecule has 2 N–H and O–H groups in total. The zero-order chi connectivity index (χ0) is 34.9. The van der Waals surface area contributed by atoms with Crippen LogP contribution in [-0.2, 0) is 23.7 Å². The molecule has 24 heteroatoms. The van der Waals surface area contributed by atoms with E-state index in [2.05, 4.69) is 4.74 Å². The fraction of sp³-hybridized carbons (Fsp3) is 0.950. The van der Waals surface area contributed by atoms with Crippen molar-refractivity contribution in [3.8, 4) is 0 Å². The molecule has 0 bridgehead atoms. The molecule has 0 aromatic rings. The second-order valence-corrected chi connectivity index (χ2v) is 9.92. The van der Waals surface area contributed by atoms with Gasteiger partial charge in [-0.3, -0.25) is 4.79 Å². The van der Waals surface area contributed by atoms with Gasteiger partial charge in [0.05, 0.1) is 13.0 Å². The number of aliphatic hydroxyl groups excluding tert-OH is 2. The summed E-state index contributed by atoms with van der Waals surface area (Å²) in [6, 6.07) is 0. The van der Waals surface area contributed by atoms with E-state index in [0.717, 1.165) is 0 Å². The Morgan fingerprint density at radius 2 is 1.18 bits per heavy atom. The average molecular weight is 694 g/mol. The number of alkyl halides is 17. The molecule has 2 fully saturated rings. The van der Waals surface area contributed by atoms with Crippen LogP contribution in [-0.4, -0.2) is 107 Å². The number of hydrogen-bond donors (Lipinski definition) is 2. The van der Waals surface area contributed by atoms with Gasteiger partial charge >= 0.3 is 53.6 Å². The van der Waals surface area contributed by atoms with Crippen LogP contribution in [0.15, 0.2) is 0 Å². The van der Waals surface area contributed by atoms with E-state index in [1.807, 2.05) is 0 Å². The lowest BCUT2D eigenvalue weighted by Crippen LogP contribution is -2.74. The third-order valence-corrected chi connectivity index (χ3v) is 6.29. The highest BCUT2D eigenvalue weighted by atomic mass is 19.4.